The summed E-state index contributed by atoms with van der Waals surface area (Å²) >= 11 is 0. The summed E-state index contributed by atoms with van der Waals surface area (Å²) in [5, 5.41) is 11.3. The molecule has 5 rings (SSSR count). The molecule has 1 unspecified atom stereocenters. The fraction of sp³-hybridized carbons (Fsp3) is 0.440. The zero-order valence-electron chi connectivity index (χ0n) is 20.4. The van der Waals surface area contributed by atoms with Crippen LogP contribution in [0.1, 0.15) is 37.2 Å². The minimum Gasteiger partial charge on any atom is -0.371 e. The summed E-state index contributed by atoms with van der Waals surface area (Å²) in [5.41, 5.74) is 3.84. The lowest BCUT2D eigenvalue weighted by Gasteiger charge is -2.47. The standard InChI is InChI=1S/C25H29F2N7O2/c1-15-23(34(31-30-15)19-6-4-18(5-7-19)24(26)27)14-36-17(3)16(2)32-10-11-33-21-8-9-28-12-20(21)29-25(35)22(33)13-32/h4-9,12,16-17,22,24H,10-11,13-14H2,1-3H3,(H,29,35)/t16-,17?,22+/m1/s1. The van der Waals surface area contributed by atoms with E-state index in [2.05, 4.69) is 37.3 Å². The van der Waals surface area contributed by atoms with Crippen LogP contribution in [0.15, 0.2) is 42.7 Å². The maximum Gasteiger partial charge on any atom is 0.263 e. The number of hydrogen-bond donors (Lipinski definition) is 1. The zero-order chi connectivity index (χ0) is 25.4. The van der Waals surface area contributed by atoms with E-state index in [1.807, 2.05) is 19.9 Å². The fourth-order valence-corrected chi connectivity index (χ4v) is 4.79. The fourth-order valence-electron chi connectivity index (χ4n) is 4.79. The Bertz CT molecular complexity index is 1230. The van der Waals surface area contributed by atoms with Gasteiger partial charge < -0.3 is 15.0 Å². The van der Waals surface area contributed by atoms with Gasteiger partial charge in [0.15, 0.2) is 0 Å². The Morgan fingerprint density at radius 1 is 1.17 bits per heavy atom. The van der Waals surface area contributed by atoms with Crippen molar-refractivity contribution in [3.8, 4) is 5.69 Å². The van der Waals surface area contributed by atoms with Gasteiger partial charge in [-0.25, -0.2) is 13.5 Å². The minimum absolute atomic E-state index is 0.0237. The predicted molar refractivity (Wildman–Crippen MR) is 130 cm³/mol. The summed E-state index contributed by atoms with van der Waals surface area (Å²) in [6.45, 7) is 8.36. The van der Waals surface area contributed by atoms with Gasteiger partial charge in [-0.2, -0.15) is 0 Å². The number of nitrogens with zero attached hydrogens (tertiary/aromatic N) is 6. The molecule has 0 radical (unpaired) electrons. The van der Waals surface area contributed by atoms with Gasteiger partial charge in [-0.05, 0) is 39.0 Å². The quantitative estimate of drug-likeness (QED) is 0.536. The number of halogens is 2. The average molecular weight is 498 g/mol. The summed E-state index contributed by atoms with van der Waals surface area (Å²) in [6, 6.07) is 7.72. The molecular weight excluding hydrogens is 468 g/mol. The van der Waals surface area contributed by atoms with E-state index in [4.69, 9.17) is 4.74 Å². The summed E-state index contributed by atoms with van der Waals surface area (Å²) in [6.07, 6.45) is 0.773. The number of aromatic nitrogens is 4. The molecule has 1 aromatic carbocycles. The first kappa shape index (κ1) is 24.3. The molecule has 1 amide bonds. The zero-order valence-corrected chi connectivity index (χ0v) is 20.4. The Morgan fingerprint density at radius 3 is 2.69 bits per heavy atom. The van der Waals surface area contributed by atoms with Gasteiger partial charge in [0.2, 0.25) is 5.91 Å². The number of anilines is 2. The van der Waals surface area contributed by atoms with E-state index < -0.39 is 6.43 Å². The number of rotatable bonds is 7. The van der Waals surface area contributed by atoms with Crippen molar-refractivity contribution in [3.05, 3.63) is 59.7 Å². The number of carbonyl (C=O) groups excluding carboxylic acids is 1. The second kappa shape index (κ2) is 9.90. The van der Waals surface area contributed by atoms with Gasteiger partial charge in [0, 0.05) is 37.4 Å². The van der Waals surface area contributed by atoms with Gasteiger partial charge in [0.25, 0.3) is 6.43 Å². The van der Waals surface area contributed by atoms with Crippen molar-refractivity contribution in [1.29, 1.82) is 0 Å². The molecule has 2 aliphatic heterocycles. The van der Waals surface area contributed by atoms with E-state index in [1.54, 1.807) is 29.2 Å². The molecule has 0 bridgehead atoms. The van der Waals surface area contributed by atoms with Gasteiger partial charge in [0.05, 0.1) is 47.4 Å². The number of hydrogen-bond acceptors (Lipinski definition) is 7. The first-order chi connectivity index (χ1) is 17.3. The van der Waals surface area contributed by atoms with Crippen LogP contribution in [-0.4, -0.2) is 68.6 Å². The molecule has 190 valence electrons. The van der Waals surface area contributed by atoms with Crippen molar-refractivity contribution >= 4 is 17.3 Å². The van der Waals surface area contributed by atoms with Crippen molar-refractivity contribution in [2.24, 2.45) is 0 Å². The van der Waals surface area contributed by atoms with Crippen molar-refractivity contribution in [2.45, 2.75) is 52.0 Å². The number of benzene rings is 1. The van der Waals surface area contributed by atoms with E-state index in [1.165, 1.54) is 12.1 Å². The molecule has 0 aliphatic carbocycles. The van der Waals surface area contributed by atoms with Gasteiger partial charge >= 0.3 is 0 Å². The maximum absolute atomic E-state index is 12.9. The second-order valence-corrected chi connectivity index (χ2v) is 9.27. The second-order valence-electron chi connectivity index (χ2n) is 9.27. The summed E-state index contributed by atoms with van der Waals surface area (Å²) < 4.78 is 33.7. The molecule has 0 saturated carbocycles. The first-order valence-corrected chi connectivity index (χ1v) is 12.0. The Hall–Kier alpha value is -3.44. The number of nitrogens with one attached hydrogen (secondary N) is 1. The Morgan fingerprint density at radius 2 is 1.94 bits per heavy atom. The highest BCUT2D eigenvalue weighted by Gasteiger charge is 2.39. The lowest BCUT2D eigenvalue weighted by atomic mass is 10.0. The van der Waals surface area contributed by atoms with Crippen LogP contribution >= 0.6 is 0 Å². The third-order valence-corrected chi connectivity index (χ3v) is 7.17. The summed E-state index contributed by atoms with van der Waals surface area (Å²) in [7, 11) is 0. The minimum atomic E-state index is -2.52. The Labute approximate surface area is 208 Å². The summed E-state index contributed by atoms with van der Waals surface area (Å²) in [5.74, 6) is -0.0237. The molecule has 1 saturated heterocycles. The van der Waals surface area contributed by atoms with Crippen LogP contribution in [0.2, 0.25) is 0 Å². The van der Waals surface area contributed by atoms with Crippen LogP contribution in [0.25, 0.3) is 5.69 Å². The maximum atomic E-state index is 12.9. The molecule has 4 heterocycles. The van der Waals surface area contributed by atoms with Crippen LogP contribution in [-0.2, 0) is 16.1 Å². The highest BCUT2D eigenvalue weighted by Crippen LogP contribution is 2.33. The highest BCUT2D eigenvalue weighted by atomic mass is 19.3. The average Bonchev–Trinajstić information content (AvgIpc) is 3.26. The number of carbonyl (C=O) groups is 1. The van der Waals surface area contributed by atoms with E-state index in [0.29, 0.717) is 17.9 Å². The molecular formula is C25H29F2N7O2. The third kappa shape index (κ3) is 4.56. The van der Waals surface area contributed by atoms with E-state index >= 15 is 0 Å². The van der Waals surface area contributed by atoms with E-state index in [0.717, 1.165) is 30.2 Å². The van der Waals surface area contributed by atoms with Crippen molar-refractivity contribution in [1.82, 2.24) is 24.9 Å². The largest absolute Gasteiger partial charge is 0.371 e. The molecule has 1 N–H and O–H groups in total. The molecule has 1 fully saturated rings. The SMILES string of the molecule is Cc1nnn(-c2ccc(C(F)F)cc2)c1COC(C)[C@@H](C)N1CCN2c3ccncc3NC(=O)[C@@H]2C1. The lowest BCUT2D eigenvalue weighted by molar-refractivity contribution is -0.119. The molecule has 2 aromatic heterocycles. The normalized spacial score (nSPS) is 19.6. The number of fused-ring (bicyclic) bond motifs is 3. The predicted octanol–water partition coefficient (Wildman–Crippen LogP) is 3.34. The molecule has 0 spiro atoms. The molecule has 3 atom stereocenters. The summed E-state index contributed by atoms with van der Waals surface area (Å²) in [4.78, 5) is 21.3. The smallest absolute Gasteiger partial charge is 0.263 e. The number of amides is 1. The lowest BCUT2D eigenvalue weighted by Crippen LogP contribution is -2.62. The number of piperazine rings is 1. The Balaban J connectivity index is 1.23. The molecule has 11 heteroatoms. The highest BCUT2D eigenvalue weighted by molar-refractivity contribution is 6.03. The van der Waals surface area contributed by atoms with Gasteiger partial charge in [-0.1, -0.05) is 17.3 Å². The topological polar surface area (TPSA) is 88.4 Å². The van der Waals surface area contributed by atoms with Crippen LogP contribution in [0.5, 0.6) is 0 Å². The number of alkyl halides is 2. The van der Waals surface area contributed by atoms with Gasteiger partial charge in [0.1, 0.15) is 6.04 Å². The van der Waals surface area contributed by atoms with Crippen molar-refractivity contribution in [3.63, 3.8) is 0 Å². The van der Waals surface area contributed by atoms with Gasteiger partial charge in [-0.3, -0.25) is 14.7 Å². The van der Waals surface area contributed by atoms with Crippen LogP contribution in [0.4, 0.5) is 20.2 Å². The molecule has 2 aliphatic rings. The van der Waals surface area contributed by atoms with Crippen LogP contribution in [0, 0.1) is 6.92 Å². The number of aryl methyl sites for hydroxylation is 1. The first-order valence-electron chi connectivity index (χ1n) is 12.0. The Kier molecular flexibility index (Phi) is 6.67. The molecule has 3 aromatic rings. The van der Waals surface area contributed by atoms with Crippen LogP contribution in [0.3, 0.4) is 0 Å². The monoisotopic (exact) mass is 497 g/mol. The van der Waals surface area contributed by atoms with E-state index in [9.17, 15) is 13.6 Å². The van der Waals surface area contributed by atoms with Crippen molar-refractivity contribution < 1.29 is 18.3 Å². The third-order valence-electron chi connectivity index (χ3n) is 7.17. The number of pyridine rings is 1. The van der Waals surface area contributed by atoms with E-state index in [-0.39, 0.29) is 36.3 Å². The number of ether oxygens (including phenoxy) is 1. The van der Waals surface area contributed by atoms with Gasteiger partial charge in [-0.15, -0.1) is 5.10 Å². The molecule has 9 nitrogen and oxygen atoms in total. The van der Waals surface area contributed by atoms with Crippen LogP contribution < -0.4 is 10.2 Å². The molecule has 36 heavy (non-hydrogen) atoms. The van der Waals surface area contributed by atoms with Crippen molar-refractivity contribution in [2.75, 3.05) is 29.9 Å².